The molecule has 0 radical (unpaired) electrons. The van der Waals surface area contributed by atoms with E-state index in [1.54, 1.807) is 12.4 Å². The first-order valence-corrected chi connectivity index (χ1v) is 12.9. The third kappa shape index (κ3) is 4.79. The molecule has 0 aliphatic carbocycles. The van der Waals surface area contributed by atoms with Crippen LogP contribution in [0.5, 0.6) is 0 Å². The van der Waals surface area contributed by atoms with Crippen LogP contribution in [0.25, 0.3) is 10.3 Å². The Morgan fingerprint density at radius 2 is 2.34 bits per heavy atom. The molecule has 4 heterocycles. The molecule has 170 valence electrons. The number of carbonyl (C=O) groups excluding carboxylic acids is 1. The van der Waals surface area contributed by atoms with E-state index in [1.807, 2.05) is 0 Å². The summed E-state index contributed by atoms with van der Waals surface area (Å²) >= 11 is 9.17. The molecule has 0 bridgehead atoms. The Labute approximate surface area is 200 Å². The predicted octanol–water partition coefficient (Wildman–Crippen LogP) is 1.78. The summed E-state index contributed by atoms with van der Waals surface area (Å²) in [6, 6.07) is 0. The van der Waals surface area contributed by atoms with Crippen LogP contribution in [0.4, 0.5) is 5.95 Å². The van der Waals surface area contributed by atoms with Gasteiger partial charge in [-0.1, -0.05) is 11.3 Å². The number of halogens is 1. The summed E-state index contributed by atoms with van der Waals surface area (Å²) in [6.07, 6.45) is 2.99. The Morgan fingerprint density at radius 1 is 1.53 bits per heavy atom. The highest BCUT2D eigenvalue weighted by Crippen LogP contribution is 2.34. The molecule has 3 aromatic heterocycles. The number of carbonyl (C=O) groups is 1. The number of amides is 1. The molecule has 0 spiro atoms. The van der Waals surface area contributed by atoms with Crippen molar-refractivity contribution in [3.05, 3.63) is 38.7 Å². The third-order valence-corrected chi connectivity index (χ3v) is 6.47. The average molecular weight is 563 g/mol. The number of nitrogens with zero attached hydrogens (tertiary/aromatic N) is 4. The monoisotopic (exact) mass is 562 g/mol. The minimum Gasteiger partial charge on any atom is -0.462 e. The smallest absolute Gasteiger partial charge is 0.311 e. The number of ether oxygens (including phenoxy) is 2. The fourth-order valence-electron chi connectivity index (χ4n) is 3.19. The van der Waals surface area contributed by atoms with Gasteiger partial charge in [0, 0.05) is 40.6 Å². The van der Waals surface area contributed by atoms with E-state index in [9.17, 15) is 14.4 Å². The Balaban J connectivity index is 1.73. The zero-order chi connectivity index (χ0) is 22.8. The Hall–Kier alpha value is -2.11. The van der Waals surface area contributed by atoms with Gasteiger partial charge in [-0.25, -0.2) is 4.98 Å². The number of thiocarbonyl (C=S) groups is 1. The minimum absolute atomic E-state index is 0.0658. The SMILES string of the molecule is CC(=O)Nc1nc2c(sc(=O)n2C2O[C@H](COSBr)C[C@H]2OC(=S)n2ccnc2)c(=O)[nH]1. The van der Waals surface area contributed by atoms with Crippen LogP contribution in [0.2, 0.25) is 0 Å². The molecule has 0 saturated carbocycles. The molecule has 4 rings (SSSR count). The van der Waals surface area contributed by atoms with Crippen molar-refractivity contribution in [2.45, 2.75) is 31.8 Å². The highest BCUT2D eigenvalue weighted by molar-refractivity contribution is 9.49. The normalized spacial score (nSPS) is 20.5. The van der Waals surface area contributed by atoms with E-state index >= 15 is 0 Å². The molecule has 1 saturated heterocycles. The first-order chi connectivity index (χ1) is 15.4. The van der Waals surface area contributed by atoms with Crippen molar-refractivity contribution in [1.29, 1.82) is 0 Å². The maximum Gasteiger partial charge on any atom is 0.311 e. The number of hydrogen-bond acceptors (Lipinski definition) is 11. The number of rotatable bonds is 6. The molecular weight excluding hydrogens is 548 g/mol. The largest absolute Gasteiger partial charge is 0.462 e. The molecule has 1 aliphatic heterocycles. The van der Waals surface area contributed by atoms with Crippen molar-refractivity contribution < 1.29 is 18.5 Å². The highest BCUT2D eigenvalue weighted by Gasteiger charge is 2.41. The van der Waals surface area contributed by atoms with Crippen LogP contribution in [0.3, 0.4) is 0 Å². The number of hydrogen-bond donors (Lipinski definition) is 2. The van der Waals surface area contributed by atoms with E-state index in [1.165, 1.54) is 22.4 Å². The van der Waals surface area contributed by atoms with Gasteiger partial charge in [-0.2, -0.15) is 4.98 Å². The molecule has 1 unspecified atom stereocenters. The van der Waals surface area contributed by atoms with Gasteiger partial charge in [-0.15, -0.1) is 0 Å². The van der Waals surface area contributed by atoms with Gasteiger partial charge < -0.3 is 13.7 Å². The van der Waals surface area contributed by atoms with Gasteiger partial charge in [0.2, 0.25) is 11.9 Å². The van der Waals surface area contributed by atoms with Crippen molar-refractivity contribution in [3.8, 4) is 0 Å². The van der Waals surface area contributed by atoms with E-state index in [2.05, 4.69) is 35.1 Å². The molecule has 32 heavy (non-hydrogen) atoms. The minimum atomic E-state index is -0.939. The number of H-pyrrole nitrogens is 1. The molecule has 16 heteroatoms. The average Bonchev–Trinajstić information content (AvgIpc) is 3.45. The highest BCUT2D eigenvalue weighted by atomic mass is 79.9. The molecular formula is C16H15BrN6O6S3. The van der Waals surface area contributed by atoms with Gasteiger partial charge in [-0.05, 0) is 12.2 Å². The van der Waals surface area contributed by atoms with Gasteiger partial charge in [0.05, 0.1) is 23.2 Å². The van der Waals surface area contributed by atoms with Crippen LogP contribution in [0.1, 0.15) is 19.6 Å². The van der Waals surface area contributed by atoms with Crippen molar-refractivity contribution in [2.75, 3.05) is 11.9 Å². The van der Waals surface area contributed by atoms with Gasteiger partial charge >= 0.3 is 4.87 Å². The van der Waals surface area contributed by atoms with Gasteiger partial charge in [0.1, 0.15) is 17.1 Å². The van der Waals surface area contributed by atoms with Crippen molar-refractivity contribution in [2.24, 2.45) is 0 Å². The number of aromatic amines is 1. The summed E-state index contributed by atoms with van der Waals surface area (Å²) in [5, 5.41) is 2.54. The molecule has 3 atom stereocenters. The van der Waals surface area contributed by atoms with Crippen molar-refractivity contribution in [3.63, 3.8) is 0 Å². The summed E-state index contributed by atoms with van der Waals surface area (Å²) in [7, 11) is 1.00. The van der Waals surface area contributed by atoms with E-state index in [0.717, 1.165) is 21.8 Å². The van der Waals surface area contributed by atoms with Crippen molar-refractivity contribution in [1.82, 2.24) is 24.1 Å². The quantitative estimate of drug-likeness (QED) is 0.337. The van der Waals surface area contributed by atoms with E-state index in [0.29, 0.717) is 6.42 Å². The molecule has 1 fully saturated rings. The lowest BCUT2D eigenvalue weighted by Crippen LogP contribution is -2.31. The number of thiazole rings is 1. The fourth-order valence-corrected chi connectivity index (χ4v) is 4.80. The number of nitrogens with one attached hydrogen (secondary N) is 2. The zero-order valence-corrected chi connectivity index (χ0v) is 20.3. The standard InChI is InChI=1S/C16H15BrN6O6S3/c1-7(24)19-14-20-11-10(12(25)21-14)31-15(26)23(11)13-9(4-8(28-13)5-27-32-17)29-16(30)22-3-2-18-6-22/h2-3,6,8-9,13H,4-5H2,1H3,(H2,19,20,21,24,25)/t8-,9+,13?/m0/s1. The predicted molar refractivity (Wildman–Crippen MR) is 125 cm³/mol. The summed E-state index contributed by atoms with van der Waals surface area (Å²) in [6.45, 7) is 1.49. The molecule has 1 amide bonds. The second-order valence-electron chi connectivity index (χ2n) is 6.61. The number of fused-ring (bicyclic) bond motifs is 1. The summed E-state index contributed by atoms with van der Waals surface area (Å²) in [4.78, 5) is 46.9. The topological polar surface area (TPSA) is 142 Å². The zero-order valence-electron chi connectivity index (χ0n) is 16.2. The first kappa shape index (κ1) is 23.1. The fraction of sp³-hybridized carbons (Fsp3) is 0.375. The van der Waals surface area contributed by atoms with Gasteiger partial charge in [0.25, 0.3) is 10.7 Å². The lowest BCUT2D eigenvalue weighted by atomic mass is 10.2. The van der Waals surface area contributed by atoms with Crippen LogP contribution >= 0.6 is 48.8 Å². The second kappa shape index (κ2) is 9.80. The molecule has 2 N–H and O–H groups in total. The number of aromatic nitrogens is 5. The molecule has 3 aromatic rings. The Morgan fingerprint density at radius 3 is 3.03 bits per heavy atom. The summed E-state index contributed by atoms with van der Waals surface area (Å²) in [5.41, 5.74) is -0.490. The van der Waals surface area contributed by atoms with Gasteiger partial charge in [-0.3, -0.25) is 33.8 Å². The van der Waals surface area contributed by atoms with Crippen molar-refractivity contribution >= 4 is 76.2 Å². The van der Waals surface area contributed by atoms with E-state index in [-0.39, 0.29) is 28.1 Å². The maximum atomic E-state index is 12.9. The number of imidazole rings is 1. The maximum absolute atomic E-state index is 12.9. The second-order valence-corrected chi connectivity index (χ2v) is 9.08. The van der Waals surface area contributed by atoms with E-state index in [4.69, 9.17) is 25.9 Å². The summed E-state index contributed by atoms with van der Waals surface area (Å²) in [5.74, 6) is -0.508. The van der Waals surface area contributed by atoms with Crippen LogP contribution in [-0.2, 0) is 18.5 Å². The van der Waals surface area contributed by atoms with Crippen LogP contribution in [0.15, 0.2) is 28.3 Å². The van der Waals surface area contributed by atoms with Gasteiger partial charge in [0.15, 0.2) is 11.9 Å². The van der Waals surface area contributed by atoms with Crippen LogP contribution < -0.4 is 15.7 Å². The lowest BCUT2D eigenvalue weighted by molar-refractivity contribution is -0.114. The van der Waals surface area contributed by atoms with Crippen LogP contribution in [0, 0.1) is 0 Å². The Bertz CT molecular complexity index is 1260. The Kier molecular flexibility index (Phi) is 7.06. The first-order valence-electron chi connectivity index (χ1n) is 9.05. The lowest BCUT2D eigenvalue weighted by Gasteiger charge is -2.21. The summed E-state index contributed by atoms with van der Waals surface area (Å²) < 4.78 is 20.2. The molecule has 0 aromatic carbocycles. The third-order valence-electron chi connectivity index (χ3n) is 4.43. The van der Waals surface area contributed by atoms with Crippen LogP contribution in [-0.4, -0.2) is 54.0 Å². The number of anilines is 1. The molecule has 1 aliphatic rings. The molecule has 12 nitrogen and oxygen atoms in total. The van der Waals surface area contributed by atoms with E-state index < -0.39 is 34.8 Å².